The molecule has 0 aliphatic heterocycles. The molecule has 2 nitrogen and oxygen atoms in total. The molecule has 0 radical (unpaired) electrons. The minimum absolute atomic E-state index is 0.664. The number of hydrogen-bond acceptors (Lipinski definition) is 3. The largest absolute Gasteiger partial charge is 0.321 e. The van der Waals surface area contributed by atoms with Gasteiger partial charge in [0, 0.05) is 12.1 Å². The van der Waals surface area contributed by atoms with Gasteiger partial charge in [-0.15, -0.1) is 11.8 Å². The zero-order chi connectivity index (χ0) is 25.3. The van der Waals surface area contributed by atoms with Crippen LogP contribution < -0.4 is 4.90 Å². The highest BCUT2D eigenvalue weighted by atomic mass is 32.2. The molecule has 0 spiro atoms. The van der Waals surface area contributed by atoms with Crippen molar-refractivity contribution in [3.8, 4) is 11.3 Å². The van der Waals surface area contributed by atoms with Crippen LogP contribution in [0, 0.1) is 6.92 Å². The maximum atomic E-state index is 14.6. The Morgan fingerprint density at radius 2 is 1.77 bits per heavy atom. The molecule has 3 rings (SSSR count). The van der Waals surface area contributed by atoms with Gasteiger partial charge in [-0.05, 0) is 81.0 Å². The summed E-state index contributed by atoms with van der Waals surface area (Å²) >= 11 is 1.82. The molecule has 1 heterocycles. The lowest BCUT2D eigenvalue weighted by Gasteiger charge is -2.27. The molecule has 0 fully saturated rings. The van der Waals surface area contributed by atoms with Crippen LogP contribution in [0.2, 0.25) is 0 Å². The first-order valence-electron chi connectivity index (χ1n) is 12.7. The van der Waals surface area contributed by atoms with Gasteiger partial charge in [0.1, 0.15) is 11.5 Å². The van der Waals surface area contributed by atoms with E-state index in [9.17, 15) is 4.39 Å². The Morgan fingerprint density at radius 1 is 1.00 bits per heavy atom. The molecular formula is C31H39FN2S. The number of anilines is 1. The molecule has 186 valence electrons. The van der Waals surface area contributed by atoms with Crippen LogP contribution in [0.3, 0.4) is 0 Å². The second-order valence-corrected chi connectivity index (χ2v) is 10.7. The van der Waals surface area contributed by atoms with Crippen LogP contribution in [0.25, 0.3) is 11.3 Å². The van der Waals surface area contributed by atoms with Crippen molar-refractivity contribution in [1.82, 2.24) is 4.98 Å². The normalized spacial score (nSPS) is 11.5. The maximum Gasteiger partial charge on any atom is 0.136 e. The fourth-order valence-corrected chi connectivity index (χ4v) is 4.93. The lowest BCUT2D eigenvalue weighted by atomic mass is 9.97. The van der Waals surface area contributed by atoms with Crippen LogP contribution in [0.4, 0.5) is 10.2 Å². The average Bonchev–Trinajstić information content (AvgIpc) is 2.85. The number of alkyl halides is 1. The third-order valence-corrected chi connectivity index (χ3v) is 7.22. The Bertz CT molecular complexity index is 1090. The molecule has 2 aromatic carbocycles. The standard InChI is InChI=1S/C31H39FN2S/c1-6-7-21-34(25(3)35-22-12-11-16-26-14-9-8-10-15-26)30-24(2)19-20-29(33-30)27-17-13-18-28(23-27)31(4,5)32/h8-10,13-15,17-20,23H,3,6-7,11-12,16,21-22H2,1-2,4-5H3. The molecule has 0 atom stereocenters. The molecule has 0 saturated heterocycles. The zero-order valence-corrected chi connectivity index (χ0v) is 22.5. The van der Waals surface area contributed by atoms with Gasteiger partial charge in [-0.3, -0.25) is 0 Å². The van der Waals surface area contributed by atoms with E-state index in [4.69, 9.17) is 4.98 Å². The van der Waals surface area contributed by atoms with Crippen molar-refractivity contribution in [2.24, 2.45) is 0 Å². The predicted molar refractivity (Wildman–Crippen MR) is 152 cm³/mol. The van der Waals surface area contributed by atoms with E-state index in [1.54, 1.807) is 13.8 Å². The fourth-order valence-electron chi connectivity index (χ4n) is 4.01. The van der Waals surface area contributed by atoms with Crippen molar-refractivity contribution in [2.45, 2.75) is 65.5 Å². The third-order valence-electron chi connectivity index (χ3n) is 6.18. The number of benzene rings is 2. The Balaban J connectivity index is 1.72. The zero-order valence-electron chi connectivity index (χ0n) is 21.7. The molecule has 0 aliphatic rings. The highest BCUT2D eigenvalue weighted by molar-refractivity contribution is 8.03. The number of halogens is 1. The summed E-state index contributed by atoms with van der Waals surface area (Å²) in [6.45, 7) is 12.8. The molecule has 0 saturated carbocycles. The number of thioether (sulfide) groups is 1. The van der Waals surface area contributed by atoms with E-state index in [2.05, 4.69) is 61.7 Å². The summed E-state index contributed by atoms with van der Waals surface area (Å²) < 4.78 is 14.6. The van der Waals surface area contributed by atoms with E-state index < -0.39 is 5.67 Å². The highest BCUT2D eigenvalue weighted by Crippen LogP contribution is 2.32. The second kappa shape index (κ2) is 12.9. The Morgan fingerprint density at radius 3 is 2.49 bits per heavy atom. The Kier molecular flexibility index (Phi) is 9.97. The van der Waals surface area contributed by atoms with Crippen molar-refractivity contribution >= 4 is 17.6 Å². The van der Waals surface area contributed by atoms with E-state index >= 15 is 0 Å². The van der Waals surface area contributed by atoms with Gasteiger partial charge in [0.15, 0.2) is 0 Å². The van der Waals surface area contributed by atoms with Crippen molar-refractivity contribution in [3.63, 3.8) is 0 Å². The first-order valence-corrected chi connectivity index (χ1v) is 13.7. The highest BCUT2D eigenvalue weighted by Gasteiger charge is 2.20. The number of unbranched alkanes of at least 4 members (excludes halogenated alkanes) is 2. The van der Waals surface area contributed by atoms with Crippen molar-refractivity contribution in [3.05, 3.63) is 95.0 Å². The summed E-state index contributed by atoms with van der Waals surface area (Å²) in [4.78, 5) is 7.32. The SMILES string of the molecule is C=C(SCCCCc1ccccc1)N(CCCC)c1nc(-c2cccc(C(C)(C)F)c2)ccc1C. The van der Waals surface area contributed by atoms with Gasteiger partial charge in [-0.1, -0.05) is 74.5 Å². The van der Waals surface area contributed by atoms with Crippen LogP contribution in [-0.4, -0.2) is 17.3 Å². The summed E-state index contributed by atoms with van der Waals surface area (Å²) in [6, 6.07) is 22.5. The maximum absolute atomic E-state index is 14.6. The lowest BCUT2D eigenvalue weighted by molar-refractivity contribution is 0.221. The van der Waals surface area contributed by atoms with Crippen LogP contribution in [0.5, 0.6) is 0 Å². The quantitative estimate of drug-likeness (QED) is 0.222. The minimum Gasteiger partial charge on any atom is -0.321 e. The van der Waals surface area contributed by atoms with Crippen molar-refractivity contribution in [2.75, 3.05) is 17.2 Å². The van der Waals surface area contributed by atoms with Gasteiger partial charge in [0.25, 0.3) is 0 Å². The van der Waals surface area contributed by atoms with E-state index in [0.29, 0.717) is 5.56 Å². The number of rotatable bonds is 13. The molecule has 35 heavy (non-hydrogen) atoms. The monoisotopic (exact) mass is 490 g/mol. The number of aryl methyl sites for hydroxylation is 2. The summed E-state index contributed by atoms with van der Waals surface area (Å²) in [5.74, 6) is 1.99. The van der Waals surface area contributed by atoms with Crippen LogP contribution in [0.1, 0.15) is 63.1 Å². The third kappa shape index (κ3) is 7.96. The summed E-state index contributed by atoms with van der Waals surface area (Å²) in [5, 5.41) is 1.05. The molecule has 0 N–H and O–H groups in total. The lowest BCUT2D eigenvalue weighted by Crippen LogP contribution is -2.24. The Hall–Kier alpha value is -2.59. The molecule has 0 unspecified atom stereocenters. The number of aromatic nitrogens is 1. The van der Waals surface area contributed by atoms with Gasteiger partial charge < -0.3 is 4.90 Å². The van der Waals surface area contributed by atoms with Crippen molar-refractivity contribution in [1.29, 1.82) is 0 Å². The minimum atomic E-state index is -1.39. The van der Waals surface area contributed by atoms with Gasteiger partial charge in [-0.2, -0.15) is 0 Å². The van der Waals surface area contributed by atoms with Crippen LogP contribution >= 0.6 is 11.8 Å². The van der Waals surface area contributed by atoms with Gasteiger partial charge in [0.2, 0.25) is 0 Å². The topological polar surface area (TPSA) is 16.1 Å². The number of nitrogens with zero attached hydrogens (tertiary/aromatic N) is 2. The molecule has 3 aromatic rings. The van der Waals surface area contributed by atoms with Crippen LogP contribution in [0.15, 0.2) is 78.3 Å². The van der Waals surface area contributed by atoms with Gasteiger partial charge in [-0.25, -0.2) is 9.37 Å². The van der Waals surface area contributed by atoms with E-state index in [-0.39, 0.29) is 0 Å². The molecule has 1 aromatic heterocycles. The summed E-state index contributed by atoms with van der Waals surface area (Å²) in [6.07, 6.45) is 5.62. The first kappa shape index (κ1) is 27.0. The van der Waals surface area contributed by atoms with E-state index in [1.807, 2.05) is 42.1 Å². The van der Waals surface area contributed by atoms with E-state index in [0.717, 1.165) is 65.6 Å². The second-order valence-electron chi connectivity index (χ2n) is 9.58. The predicted octanol–water partition coefficient (Wildman–Crippen LogP) is 9.10. The molecule has 0 aliphatic carbocycles. The molecule has 0 amide bonds. The fraction of sp³-hybridized carbons (Fsp3) is 0.387. The molecular weight excluding hydrogens is 451 g/mol. The average molecular weight is 491 g/mol. The van der Waals surface area contributed by atoms with E-state index in [1.165, 1.54) is 12.0 Å². The molecule has 0 bridgehead atoms. The van der Waals surface area contributed by atoms with Crippen LogP contribution in [-0.2, 0) is 12.1 Å². The molecule has 4 heteroatoms. The summed E-state index contributed by atoms with van der Waals surface area (Å²) in [7, 11) is 0. The first-order chi connectivity index (χ1) is 16.8. The van der Waals surface area contributed by atoms with Crippen molar-refractivity contribution < 1.29 is 4.39 Å². The number of pyridine rings is 1. The smallest absolute Gasteiger partial charge is 0.136 e. The summed E-state index contributed by atoms with van der Waals surface area (Å²) in [5.41, 5.74) is 3.60. The van der Waals surface area contributed by atoms with Gasteiger partial charge >= 0.3 is 0 Å². The van der Waals surface area contributed by atoms with Gasteiger partial charge in [0.05, 0.1) is 10.7 Å². The Labute approximate surface area is 215 Å². The number of hydrogen-bond donors (Lipinski definition) is 0.